The third kappa shape index (κ3) is 36.4. The first kappa shape index (κ1) is 47.1. The minimum absolute atomic E-state index is 0.0322. The Balaban J connectivity index is 3.41. The van der Waals surface area contributed by atoms with Crippen LogP contribution in [0.5, 0.6) is 0 Å². The molecule has 0 heterocycles. The molecular formula is C44H87NO3. The summed E-state index contributed by atoms with van der Waals surface area (Å²) in [6.07, 6.45) is 50.2. The Hall–Kier alpha value is -0.870. The highest BCUT2D eigenvalue weighted by atomic mass is 16.3. The molecule has 3 N–H and O–H groups in total. The van der Waals surface area contributed by atoms with Crippen molar-refractivity contribution < 1.29 is 15.0 Å². The Labute approximate surface area is 301 Å². The number of allylic oxidation sites excluding steroid dienone is 2. The first-order valence-corrected chi connectivity index (χ1v) is 21.9. The van der Waals surface area contributed by atoms with Gasteiger partial charge in [0.1, 0.15) is 0 Å². The Kier molecular flexibility index (Phi) is 39.8. The summed E-state index contributed by atoms with van der Waals surface area (Å²) in [6, 6.07) is -0.531. The molecule has 2 unspecified atom stereocenters. The van der Waals surface area contributed by atoms with Gasteiger partial charge in [-0.1, -0.05) is 212 Å². The number of nitrogens with one attached hydrogen (secondary N) is 1. The molecule has 4 heteroatoms. The van der Waals surface area contributed by atoms with Crippen molar-refractivity contribution in [2.24, 2.45) is 0 Å². The van der Waals surface area contributed by atoms with E-state index in [-0.39, 0.29) is 12.5 Å². The second-order valence-corrected chi connectivity index (χ2v) is 15.1. The highest BCUT2D eigenvalue weighted by Crippen LogP contribution is 2.16. The molecule has 0 aromatic heterocycles. The molecule has 286 valence electrons. The lowest BCUT2D eigenvalue weighted by Gasteiger charge is -2.22. The summed E-state index contributed by atoms with van der Waals surface area (Å²) in [5, 5.41) is 23.0. The van der Waals surface area contributed by atoms with E-state index in [1.54, 1.807) is 0 Å². The SMILES string of the molecule is CCCCCCCCCCCCCC/C=C\CCCCCCCCCCCCCC(=O)NC(CO)C(O)CCCCCCCCCCC. The van der Waals surface area contributed by atoms with Crippen LogP contribution in [0, 0.1) is 0 Å². The maximum Gasteiger partial charge on any atom is 0.220 e. The molecule has 48 heavy (non-hydrogen) atoms. The van der Waals surface area contributed by atoms with Crippen LogP contribution >= 0.6 is 0 Å². The summed E-state index contributed by atoms with van der Waals surface area (Å²) >= 11 is 0. The molecule has 0 aliphatic heterocycles. The van der Waals surface area contributed by atoms with E-state index in [1.165, 1.54) is 193 Å². The van der Waals surface area contributed by atoms with Gasteiger partial charge in [-0.2, -0.15) is 0 Å². The van der Waals surface area contributed by atoms with E-state index < -0.39 is 12.1 Å². The van der Waals surface area contributed by atoms with E-state index in [2.05, 4.69) is 31.3 Å². The van der Waals surface area contributed by atoms with Crippen LogP contribution in [0.15, 0.2) is 12.2 Å². The molecule has 0 radical (unpaired) electrons. The number of aliphatic hydroxyl groups is 2. The topological polar surface area (TPSA) is 69.6 Å². The minimum Gasteiger partial charge on any atom is -0.394 e. The number of aliphatic hydroxyl groups excluding tert-OH is 2. The van der Waals surface area contributed by atoms with E-state index in [4.69, 9.17) is 0 Å². The van der Waals surface area contributed by atoms with Gasteiger partial charge in [0, 0.05) is 6.42 Å². The van der Waals surface area contributed by atoms with Gasteiger partial charge >= 0.3 is 0 Å². The van der Waals surface area contributed by atoms with Crippen molar-refractivity contribution in [3.8, 4) is 0 Å². The van der Waals surface area contributed by atoms with E-state index >= 15 is 0 Å². The molecule has 0 aromatic carbocycles. The Bertz CT molecular complexity index is 651. The number of carbonyl (C=O) groups is 1. The van der Waals surface area contributed by atoms with E-state index in [9.17, 15) is 15.0 Å². The molecule has 0 aliphatic rings. The Morgan fingerprint density at radius 1 is 0.479 bits per heavy atom. The molecule has 1 amide bonds. The molecule has 0 spiro atoms. The third-order valence-corrected chi connectivity index (χ3v) is 10.3. The van der Waals surface area contributed by atoms with Crippen molar-refractivity contribution in [1.82, 2.24) is 5.32 Å². The van der Waals surface area contributed by atoms with Crippen LogP contribution in [0.3, 0.4) is 0 Å². The molecular weight excluding hydrogens is 590 g/mol. The molecule has 0 aromatic rings. The van der Waals surface area contributed by atoms with Crippen LogP contribution in [0.2, 0.25) is 0 Å². The fourth-order valence-electron chi connectivity index (χ4n) is 6.89. The largest absolute Gasteiger partial charge is 0.394 e. The normalized spacial score (nSPS) is 13.0. The van der Waals surface area contributed by atoms with Crippen LogP contribution in [-0.2, 0) is 4.79 Å². The van der Waals surface area contributed by atoms with Crippen molar-refractivity contribution >= 4 is 5.91 Å². The number of hydrogen-bond donors (Lipinski definition) is 3. The zero-order chi connectivity index (χ0) is 35.0. The van der Waals surface area contributed by atoms with Crippen LogP contribution in [0.4, 0.5) is 0 Å². The van der Waals surface area contributed by atoms with Gasteiger partial charge in [-0.05, 0) is 38.5 Å². The van der Waals surface area contributed by atoms with E-state index in [0.717, 1.165) is 25.7 Å². The van der Waals surface area contributed by atoms with Crippen LogP contribution in [0.1, 0.15) is 245 Å². The molecule has 2 atom stereocenters. The highest BCUT2D eigenvalue weighted by molar-refractivity contribution is 5.76. The maximum absolute atomic E-state index is 12.3. The van der Waals surface area contributed by atoms with Gasteiger partial charge in [0.25, 0.3) is 0 Å². The smallest absolute Gasteiger partial charge is 0.220 e. The number of hydrogen-bond acceptors (Lipinski definition) is 3. The standard InChI is InChI=1S/C44H87NO3/c1-3-5-7-9-11-13-14-15-16-17-18-19-20-21-22-23-24-25-26-27-28-29-30-32-34-36-38-40-44(48)45-42(41-46)43(47)39-37-35-33-31-12-10-8-6-4-2/h21-22,42-43,46-47H,3-20,23-41H2,1-2H3,(H,45,48)/b22-21-. The summed E-state index contributed by atoms with van der Waals surface area (Å²) < 4.78 is 0. The number of amides is 1. The third-order valence-electron chi connectivity index (χ3n) is 10.3. The lowest BCUT2D eigenvalue weighted by molar-refractivity contribution is -0.123. The zero-order valence-electron chi connectivity index (χ0n) is 32.8. The maximum atomic E-state index is 12.3. The van der Waals surface area contributed by atoms with Crippen LogP contribution in [0.25, 0.3) is 0 Å². The lowest BCUT2D eigenvalue weighted by Crippen LogP contribution is -2.45. The second-order valence-electron chi connectivity index (χ2n) is 15.1. The summed E-state index contributed by atoms with van der Waals surface area (Å²) in [7, 11) is 0. The van der Waals surface area contributed by atoms with Gasteiger partial charge in [-0.25, -0.2) is 0 Å². The van der Waals surface area contributed by atoms with E-state index in [1.807, 2.05) is 0 Å². The lowest BCUT2D eigenvalue weighted by atomic mass is 10.0. The molecule has 4 nitrogen and oxygen atoms in total. The molecule has 0 saturated heterocycles. The molecule has 0 saturated carbocycles. The first-order chi connectivity index (χ1) is 23.7. The average Bonchev–Trinajstić information content (AvgIpc) is 3.09. The number of carbonyl (C=O) groups excluding carboxylic acids is 1. The predicted octanol–water partition coefficient (Wildman–Crippen LogP) is 13.5. The molecule has 0 fully saturated rings. The summed E-state index contributed by atoms with van der Waals surface area (Å²) in [4.78, 5) is 12.3. The fourth-order valence-corrected chi connectivity index (χ4v) is 6.89. The molecule has 0 aliphatic carbocycles. The van der Waals surface area contributed by atoms with Gasteiger partial charge in [-0.3, -0.25) is 4.79 Å². The first-order valence-electron chi connectivity index (χ1n) is 21.9. The number of unbranched alkanes of at least 4 members (excludes halogenated alkanes) is 31. The Morgan fingerprint density at radius 3 is 1.15 bits per heavy atom. The zero-order valence-corrected chi connectivity index (χ0v) is 32.8. The van der Waals surface area contributed by atoms with Gasteiger partial charge in [0.15, 0.2) is 0 Å². The summed E-state index contributed by atoms with van der Waals surface area (Å²) in [6.45, 7) is 4.35. The van der Waals surface area contributed by atoms with Crippen molar-refractivity contribution in [3.63, 3.8) is 0 Å². The summed E-state index contributed by atoms with van der Waals surface area (Å²) in [5.74, 6) is -0.0322. The monoisotopic (exact) mass is 678 g/mol. The highest BCUT2D eigenvalue weighted by Gasteiger charge is 2.20. The van der Waals surface area contributed by atoms with Gasteiger partial charge in [0.2, 0.25) is 5.91 Å². The van der Waals surface area contributed by atoms with Gasteiger partial charge < -0.3 is 15.5 Å². The molecule has 0 bridgehead atoms. The Morgan fingerprint density at radius 2 is 0.792 bits per heavy atom. The summed E-state index contributed by atoms with van der Waals surface area (Å²) in [5.41, 5.74) is 0. The van der Waals surface area contributed by atoms with Crippen molar-refractivity contribution in [3.05, 3.63) is 12.2 Å². The van der Waals surface area contributed by atoms with Crippen molar-refractivity contribution in [2.45, 2.75) is 257 Å². The molecule has 0 rings (SSSR count). The average molecular weight is 678 g/mol. The van der Waals surface area contributed by atoms with Crippen LogP contribution < -0.4 is 5.32 Å². The minimum atomic E-state index is -0.654. The number of rotatable bonds is 40. The van der Waals surface area contributed by atoms with Gasteiger partial charge in [0.05, 0.1) is 18.8 Å². The van der Waals surface area contributed by atoms with E-state index in [0.29, 0.717) is 12.8 Å². The van der Waals surface area contributed by atoms with Crippen molar-refractivity contribution in [2.75, 3.05) is 6.61 Å². The van der Waals surface area contributed by atoms with Gasteiger partial charge in [-0.15, -0.1) is 0 Å². The fraction of sp³-hybridized carbons (Fsp3) is 0.932. The second kappa shape index (κ2) is 40.6. The van der Waals surface area contributed by atoms with Crippen LogP contribution in [-0.4, -0.2) is 34.9 Å². The van der Waals surface area contributed by atoms with Crippen molar-refractivity contribution in [1.29, 1.82) is 0 Å². The predicted molar refractivity (Wildman–Crippen MR) is 212 cm³/mol. The quantitative estimate of drug-likeness (QED) is 0.0446.